The minimum Gasteiger partial charge on any atom is -0.219 e. The second kappa shape index (κ2) is 3.96. The van der Waals surface area contributed by atoms with E-state index < -0.39 is 9.84 Å². The molecule has 0 aliphatic carbocycles. The molecule has 0 atom stereocenters. The third-order valence-electron chi connectivity index (χ3n) is 1.90. The Balaban J connectivity index is 0.000000461. The zero-order valence-corrected chi connectivity index (χ0v) is 9.43. The molecule has 2 nitrogen and oxygen atoms in total. The van der Waals surface area contributed by atoms with Crippen molar-refractivity contribution in [3.8, 4) is 0 Å². The SMILES string of the molecule is CC.Cc1ccc2c(c1)S(=O)(=O)C=C2. The highest BCUT2D eigenvalue weighted by Gasteiger charge is 2.19. The molecule has 1 aliphatic rings. The van der Waals surface area contributed by atoms with Crippen molar-refractivity contribution in [2.24, 2.45) is 0 Å². The van der Waals surface area contributed by atoms with Crippen LogP contribution >= 0.6 is 0 Å². The minimum atomic E-state index is -3.11. The molecule has 3 heteroatoms. The molecule has 0 spiro atoms. The second-order valence-corrected chi connectivity index (χ2v) is 4.69. The van der Waals surface area contributed by atoms with Gasteiger partial charge in [-0.25, -0.2) is 8.42 Å². The normalized spacial score (nSPS) is 15.6. The lowest BCUT2D eigenvalue weighted by Gasteiger charge is -1.98. The quantitative estimate of drug-likeness (QED) is 0.660. The molecule has 0 N–H and O–H groups in total. The van der Waals surface area contributed by atoms with Gasteiger partial charge in [-0.15, -0.1) is 0 Å². The summed E-state index contributed by atoms with van der Waals surface area (Å²) in [5.41, 5.74) is 1.77. The number of sulfone groups is 1. The molecule has 0 saturated carbocycles. The molecule has 0 aromatic heterocycles. The summed E-state index contributed by atoms with van der Waals surface area (Å²) in [5.74, 6) is 0. The molecule has 1 heterocycles. The summed E-state index contributed by atoms with van der Waals surface area (Å²) >= 11 is 0. The van der Waals surface area contributed by atoms with E-state index in [1.165, 1.54) is 5.41 Å². The number of benzene rings is 1. The Bertz CT molecular complexity index is 456. The average Bonchev–Trinajstić information content (AvgIpc) is 2.46. The topological polar surface area (TPSA) is 34.1 Å². The molecular weight excluding hydrogens is 196 g/mol. The van der Waals surface area contributed by atoms with Gasteiger partial charge in [0, 0.05) is 5.41 Å². The highest BCUT2D eigenvalue weighted by molar-refractivity contribution is 7.94. The molecule has 2 rings (SSSR count). The zero-order valence-electron chi connectivity index (χ0n) is 8.61. The van der Waals surface area contributed by atoms with Crippen LogP contribution in [0.5, 0.6) is 0 Å². The van der Waals surface area contributed by atoms with E-state index in [4.69, 9.17) is 0 Å². The van der Waals surface area contributed by atoms with Crippen molar-refractivity contribution in [1.29, 1.82) is 0 Å². The molecule has 0 fully saturated rings. The van der Waals surface area contributed by atoms with Crippen molar-refractivity contribution in [2.75, 3.05) is 0 Å². The highest BCUT2D eigenvalue weighted by atomic mass is 32.2. The van der Waals surface area contributed by atoms with Gasteiger partial charge in [-0.3, -0.25) is 0 Å². The second-order valence-electron chi connectivity index (χ2n) is 2.89. The number of hydrogen-bond donors (Lipinski definition) is 0. The fraction of sp³-hybridized carbons (Fsp3) is 0.273. The molecule has 0 unspecified atom stereocenters. The number of rotatable bonds is 0. The van der Waals surface area contributed by atoms with Gasteiger partial charge >= 0.3 is 0 Å². The van der Waals surface area contributed by atoms with Crippen LogP contribution in [0.3, 0.4) is 0 Å². The van der Waals surface area contributed by atoms with E-state index in [1.807, 2.05) is 32.9 Å². The maximum absolute atomic E-state index is 11.3. The molecule has 1 aromatic rings. The van der Waals surface area contributed by atoms with Gasteiger partial charge in [0.1, 0.15) is 0 Å². The van der Waals surface area contributed by atoms with Crippen LogP contribution in [0, 0.1) is 6.92 Å². The Hall–Kier alpha value is -1.09. The van der Waals surface area contributed by atoms with Crippen LogP contribution in [0.2, 0.25) is 0 Å². The summed E-state index contributed by atoms with van der Waals surface area (Å²) < 4.78 is 22.6. The third-order valence-corrected chi connectivity index (χ3v) is 3.36. The van der Waals surface area contributed by atoms with E-state index in [-0.39, 0.29) is 0 Å². The van der Waals surface area contributed by atoms with Gasteiger partial charge in [-0.2, -0.15) is 0 Å². The summed E-state index contributed by atoms with van der Waals surface area (Å²) in [5, 5.41) is 1.25. The molecule has 1 aliphatic heterocycles. The predicted octanol–water partition coefficient (Wildman–Crippen LogP) is 2.78. The van der Waals surface area contributed by atoms with Crippen LogP contribution in [0.4, 0.5) is 0 Å². The van der Waals surface area contributed by atoms with Crippen molar-refractivity contribution in [2.45, 2.75) is 25.7 Å². The molecule has 0 bridgehead atoms. The fourth-order valence-corrected chi connectivity index (χ4v) is 2.55. The lowest BCUT2D eigenvalue weighted by molar-refractivity contribution is 0.605. The summed E-state index contributed by atoms with van der Waals surface area (Å²) in [7, 11) is -3.11. The number of fused-ring (bicyclic) bond motifs is 1. The molecule has 0 amide bonds. The molecule has 1 aromatic carbocycles. The molecule has 76 valence electrons. The summed E-state index contributed by atoms with van der Waals surface area (Å²) in [6.07, 6.45) is 1.63. The van der Waals surface area contributed by atoms with Crippen molar-refractivity contribution < 1.29 is 8.42 Å². The average molecular weight is 210 g/mol. The number of hydrogen-bond acceptors (Lipinski definition) is 2. The smallest absolute Gasteiger partial charge is 0.200 e. The van der Waals surface area contributed by atoms with E-state index in [1.54, 1.807) is 12.1 Å². The van der Waals surface area contributed by atoms with Gasteiger partial charge in [-0.05, 0) is 30.2 Å². The van der Waals surface area contributed by atoms with Crippen LogP contribution in [-0.4, -0.2) is 8.42 Å². The van der Waals surface area contributed by atoms with Crippen molar-refractivity contribution >= 4 is 15.9 Å². The summed E-state index contributed by atoms with van der Waals surface area (Å²) in [6.45, 7) is 5.88. The first-order valence-corrected chi connectivity index (χ1v) is 6.18. The fourth-order valence-electron chi connectivity index (χ4n) is 1.26. The predicted molar refractivity (Wildman–Crippen MR) is 58.7 cm³/mol. The van der Waals surface area contributed by atoms with Crippen molar-refractivity contribution in [3.05, 3.63) is 34.7 Å². The Morgan fingerprint density at radius 1 is 1.14 bits per heavy atom. The van der Waals surface area contributed by atoms with E-state index in [0.29, 0.717) is 4.90 Å². The molecule has 14 heavy (non-hydrogen) atoms. The first-order valence-electron chi connectivity index (χ1n) is 4.63. The maximum atomic E-state index is 11.3. The van der Waals surface area contributed by atoms with Gasteiger partial charge in [0.05, 0.1) is 4.90 Å². The maximum Gasteiger partial charge on any atom is 0.200 e. The van der Waals surface area contributed by atoms with Crippen LogP contribution in [0.25, 0.3) is 6.08 Å². The van der Waals surface area contributed by atoms with Gasteiger partial charge in [0.15, 0.2) is 9.84 Å². The van der Waals surface area contributed by atoms with E-state index in [9.17, 15) is 8.42 Å². The number of aryl methyl sites for hydroxylation is 1. The van der Waals surface area contributed by atoms with Crippen molar-refractivity contribution in [1.82, 2.24) is 0 Å². The monoisotopic (exact) mass is 210 g/mol. The molecule has 0 radical (unpaired) electrons. The van der Waals surface area contributed by atoms with Crippen LogP contribution < -0.4 is 0 Å². The van der Waals surface area contributed by atoms with E-state index in [0.717, 1.165) is 11.1 Å². The Morgan fingerprint density at radius 3 is 2.43 bits per heavy atom. The summed E-state index contributed by atoms with van der Waals surface area (Å²) in [6, 6.07) is 5.43. The zero-order chi connectivity index (χ0) is 10.8. The lowest BCUT2D eigenvalue weighted by Crippen LogP contribution is -1.93. The largest absolute Gasteiger partial charge is 0.219 e. The Morgan fingerprint density at radius 2 is 1.79 bits per heavy atom. The van der Waals surface area contributed by atoms with Gasteiger partial charge in [-0.1, -0.05) is 26.0 Å². The first kappa shape index (κ1) is 11.0. The first-order chi connectivity index (χ1) is 6.59. The van der Waals surface area contributed by atoms with Crippen LogP contribution in [0.1, 0.15) is 25.0 Å². The Labute approximate surface area is 85.2 Å². The van der Waals surface area contributed by atoms with Crippen LogP contribution in [-0.2, 0) is 9.84 Å². The van der Waals surface area contributed by atoms with Crippen LogP contribution in [0.15, 0.2) is 28.5 Å². The van der Waals surface area contributed by atoms with Gasteiger partial charge in [0.25, 0.3) is 0 Å². The third kappa shape index (κ3) is 1.87. The Kier molecular flexibility index (Phi) is 3.11. The van der Waals surface area contributed by atoms with E-state index >= 15 is 0 Å². The standard InChI is InChI=1S/C9H8O2S.C2H6/c1-7-2-3-8-4-5-12(10,11)9(8)6-7;1-2/h2-6H,1H3;1-2H3. The highest BCUT2D eigenvalue weighted by Crippen LogP contribution is 2.26. The van der Waals surface area contributed by atoms with Gasteiger partial charge in [0.2, 0.25) is 0 Å². The lowest BCUT2D eigenvalue weighted by atomic mass is 10.1. The van der Waals surface area contributed by atoms with Gasteiger partial charge < -0.3 is 0 Å². The minimum absolute atomic E-state index is 0.433. The van der Waals surface area contributed by atoms with E-state index in [2.05, 4.69) is 0 Å². The molecule has 0 saturated heterocycles. The van der Waals surface area contributed by atoms with Crippen molar-refractivity contribution in [3.63, 3.8) is 0 Å². The molecular formula is C11H14O2S. The summed E-state index contributed by atoms with van der Waals surface area (Å²) in [4.78, 5) is 0.433.